The van der Waals surface area contributed by atoms with Gasteiger partial charge in [-0.3, -0.25) is 4.79 Å². The molecule has 1 fully saturated rings. The molecule has 0 spiro atoms. The molecular formula is C18H20ClN3O2. The van der Waals surface area contributed by atoms with Crippen LogP contribution >= 0.6 is 11.6 Å². The highest BCUT2D eigenvalue weighted by atomic mass is 35.5. The number of nitrogens with zero attached hydrogens (tertiary/aromatic N) is 2. The van der Waals surface area contributed by atoms with Crippen LogP contribution in [0.1, 0.15) is 22.8 Å². The van der Waals surface area contributed by atoms with E-state index in [0.717, 1.165) is 11.4 Å². The third-order valence-electron chi connectivity index (χ3n) is 3.90. The molecular weight excluding hydrogens is 326 g/mol. The Kier molecular flexibility index (Phi) is 5.33. The van der Waals surface area contributed by atoms with E-state index in [-0.39, 0.29) is 12.0 Å². The van der Waals surface area contributed by atoms with Crippen LogP contribution in [0.2, 0.25) is 5.02 Å². The van der Waals surface area contributed by atoms with E-state index in [0.29, 0.717) is 36.8 Å². The van der Waals surface area contributed by atoms with E-state index in [1.807, 2.05) is 42.2 Å². The largest absolute Gasteiger partial charge is 0.375 e. The Balaban J connectivity index is 1.65. The number of aromatic nitrogens is 1. The van der Waals surface area contributed by atoms with Crippen molar-refractivity contribution in [1.29, 1.82) is 0 Å². The maximum absolute atomic E-state index is 12.6. The lowest BCUT2D eigenvalue weighted by Gasteiger charge is -2.31. The predicted molar refractivity (Wildman–Crippen MR) is 94.3 cm³/mol. The molecule has 1 unspecified atom stereocenters. The Labute approximate surface area is 146 Å². The van der Waals surface area contributed by atoms with Crippen LogP contribution in [0, 0.1) is 0 Å². The molecule has 1 atom stereocenters. The average Bonchev–Trinajstić information content (AvgIpc) is 2.61. The third kappa shape index (κ3) is 4.24. The standard InChI is InChI=1S/C18H20ClN3O2/c1-13-12-22(7-8-24-13)18(23)15-4-2-3-14(9-15)10-20-17-6-5-16(19)11-21-17/h2-6,9,11,13H,7-8,10,12H2,1H3,(H,20,21). The minimum absolute atomic E-state index is 0.0524. The van der Waals surface area contributed by atoms with Gasteiger partial charge in [0, 0.05) is 31.4 Å². The zero-order valence-electron chi connectivity index (χ0n) is 13.5. The van der Waals surface area contributed by atoms with E-state index >= 15 is 0 Å². The molecule has 1 saturated heterocycles. The van der Waals surface area contributed by atoms with Crippen LogP contribution in [0.4, 0.5) is 5.82 Å². The molecule has 0 bridgehead atoms. The van der Waals surface area contributed by atoms with Gasteiger partial charge in [0.2, 0.25) is 0 Å². The van der Waals surface area contributed by atoms with Gasteiger partial charge >= 0.3 is 0 Å². The molecule has 1 aliphatic heterocycles. The Morgan fingerprint density at radius 3 is 3.04 bits per heavy atom. The van der Waals surface area contributed by atoms with Gasteiger partial charge in [-0.2, -0.15) is 0 Å². The number of ether oxygens (including phenoxy) is 1. The summed E-state index contributed by atoms with van der Waals surface area (Å²) in [6.45, 7) is 4.45. The Hall–Kier alpha value is -2.11. The van der Waals surface area contributed by atoms with Gasteiger partial charge in [-0.05, 0) is 36.8 Å². The zero-order chi connectivity index (χ0) is 16.9. The van der Waals surface area contributed by atoms with Gasteiger partial charge in [-0.15, -0.1) is 0 Å². The number of morpholine rings is 1. The molecule has 2 heterocycles. The minimum Gasteiger partial charge on any atom is -0.375 e. The molecule has 3 rings (SSSR count). The number of hydrogen-bond acceptors (Lipinski definition) is 4. The molecule has 1 aliphatic rings. The molecule has 0 saturated carbocycles. The van der Waals surface area contributed by atoms with E-state index in [1.54, 1.807) is 12.3 Å². The van der Waals surface area contributed by atoms with E-state index in [9.17, 15) is 4.79 Å². The second-order valence-corrected chi connectivity index (χ2v) is 6.28. The van der Waals surface area contributed by atoms with Gasteiger partial charge < -0.3 is 15.0 Å². The van der Waals surface area contributed by atoms with Gasteiger partial charge in [-0.25, -0.2) is 4.98 Å². The number of carbonyl (C=O) groups is 1. The zero-order valence-corrected chi connectivity index (χ0v) is 14.3. The van der Waals surface area contributed by atoms with Crippen LogP contribution in [0.25, 0.3) is 0 Å². The molecule has 0 radical (unpaired) electrons. The number of rotatable bonds is 4. The number of benzene rings is 1. The number of halogens is 1. The quantitative estimate of drug-likeness (QED) is 0.924. The van der Waals surface area contributed by atoms with Crippen molar-refractivity contribution in [3.8, 4) is 0 Å². The van der Waals surface area contributed by atoms with Crippen LogP contribution in [-0.2, 0) is 11.3 Å². The fourth-order valence-electron chi connectivity index (χ4n) is 2.67. The van der Waals surface area contributed by atoms with E-state index in [2.05, 4.69) is 10.3 Å². The molecule has 0 aliphatic carbocycles. The van der Waals surface area contributed by atoms with Crippen molar-refractivity contribution in [3.05, 3.63) is 58.7 Å². The smallest absolute Gasteiger partial charge is 0.254 e. The van der Waals surface area contributed by atoms with Crippen molar-refractivity contribution in [1.82, 2.24) is 9.88 Å². The fourth-order valence-corrected chi connectivity index (χ4v) is 2.78. The number of carbonyl (C=O) groups excluding carboxylic acids is 1. The van der Waals surface area contributed by atoms with Crippen molar-refractivity contribution >= 4 is 23.3 Å². The van der Waals surface area contributed by atoms with Gasteiger partial charge in [0.25, 0.3) is 5.91 Å². The van der Waals surface area contributed by atoms with E-state index in [4.69, 9.17) is 16.3 Å². The summed E-state index contributed by atoms with van der Waals surface area (Å²) in [4.78, 5) is 18.7. The van der Waals surface area contributed by atoms with Crippen LogP contribution < -0.4 is 5.32 Å². The summed E-state index contributed by atoms with van der Waals surface area (Å²) >= 11 is 5.83. The summed E-state index contributed by atoms with van der Waals surface area (Å²) in [7, 11) is 0. The minimum atomic E-state index is 0.0524. The maximum atomic E-state index is 12.6. The van der Waals surface area contributed by atoms with Gasteiger partial charge in [0.1, 0.15) is 5.82 Å². The predicted octanol–water partition coefficient (Wildman–Crippen LogP) is 3.21. The van der Waals surface area contributed by atoms with Gasteiger partial charge in [0.05, 0.1) is 17.7 Å². The SMILES string of the molecule is CC1CN(C(=O)c2cccc(CNc3ccc(Cl)cn3)c2)CCO1. The molecule has 1 aromatic carbocycles. The first-order valence-corrected chi connectivity index (χ1v) is 8.35. The van der Waals surface area contributed by atoms with Gasteiger partial charge in [-0.1, -0.05) is 23.7 Å². The molecule has 1 aromatic heterocycles. The van der Waals surface area contributed by atoms with Crippen LogP contribution in [0.5, 0.6) is 0 Å². The number of pyridine rings is 1. The first-order chi connectivity index (χ1) is 11.6. The molecule has 1 amide bonds. The highest BCUT2D eigenvalue weighted by molar-refractivity contribution is 6.30. The van der Waals surface area contributed by atoms with Crippen LogP contribution in [0.3, 0.4) is 0 Å². The summed E-state index contributed by atoms with van der Waals surface area (Å²) in [5.74, 6) is 0.801. The Morgan fingerprint density at radius 2 is 2.29 bits per heavy atom. The summed E-state index contributed by atoms with van der Waals surface area (Å²) in [6, 6.07) is 11.3. The monoisotopic (exact) mass is 345 g/mol. The number of hydrogen-bond donors (Lipinski definition) is 1. The highest BCUT2D eigenvalue weighted by Crippen LogP contribution is 2.14. The van der Waals surface area contributed by atoms with Crippen molar-refractivity contribution in [3.63, 3.8) is 0 Å². The highest BCUT2D eigenvalue weighted by Gasteiger charge is 2.22. The Morgan fingerprint density at radius 1 is 1.42 bits per heavy atom. The van der Waals surface area contributed by atoms with Gasteiger partial charge in [0.15, 0.2) is 0 Å². The van der Waals surface area contributed by atoms with Crippen LogP contribution in [-0.4, -0.2) is 41.6 Å². The lowest BCUT2D eigenvalue weighted by molar-refractivity contribution is -0.0124. The van der Waals surface area contributed by atoms with E-state index in [1.165, 1.54) is 0 Å². The summed E-state index contributed by atoms with van der Waals surface area (Å²) in [6.07, 6.45) is 1.69. The number of amides is 1. The molecule has 5 nitrogen and oxygen atoms in total. The first kappa shape index (κ1) is 16.7. The number of anilines is 1. The lowest BCUT2D eigenvalue weighted by Crippen LogP contribution is -2.44. The maximum Gasteiger partial charge on any atom is 0.254 e. The molecule has 2 aromatic rings. The van der Waals surface area contributed by atoms with Crippen molar-refractivity contribution in [2.75, 3.05) is 25.0 Å². The summed E-state index contributed by atoms with van der Waals surface area (Å²) in [5, 5.41) is 3.83. The molecule has 126 valence electrons. The lowest BCUT2D eigenvalue weighted by atomic mass is 10.1. The molecule has 24 heavy (non-hydrogen) atoms. The normalized spacial score (nSPS) is 17.6. The molecule has 1 N–H and O–H groups in total. The van der Waals surface area contributed by atoms with Crippen molar-refractivity contribution in [2.24, 2.45) is 0 Å². The first-order valence-electron chi connectivity index (χ1n) is 7.97. The summed E-state index contributed by atoms with van der Waals surface area (Å²) in [5.41, 5.74) is 1.73. The average molecular weight is 346 g/mol. The van der Waals surface area contributed by atoms with Crippen LogP contribution in [0.15, 0.2) is 42.6 Å². The molecule has 6 heteroatoms. The second-order valence-electron chi connectivity index (χ2n) is 5.85. The van der Waals surface area contributed by atoms with E-state index < -0.39 is 0 Å². The number of nitrogens with one attached hydrogen (secondary N) is 1. The second kappa shape index (κ2) is 7.64. The topological polar surface area (TPSA) is 54.5 Å². The Bertz CT molecular complexity index is 706. The summed E-state index contributed by atoms with van der Waals surface area (Å²) < 4.78 is 5.49. The fraction of sp³-hybridized carbons (Fsp3) is 0.333. The van der Waals surface area contributed by atoms with Crippen molar-refractivity contribution < 1.29 is 9.53 Å². The third-order valence-corrected chi connectivity index (χ3v) is 4.13. The van der Waals surface area contributed by atoms with Crippen molar-refractivity contribution in [2.45, 2.75) is 19.6 Å².